The van der Waals surface area contributed by atoms with Crippen molar-refractivity contribution in [1.82, 2.24) is 5.32 Å². The van der Waals surface area contributed by atoms with E-state index < -0.39 is 0 Å². The van der Waals surface area contributed by atoms with Gasteiger partial charge < -0.3 is 14.8 Å². The second-order valence-electron chi connectivity index (χ2n) is 4.66. The van der Waals surface area contributed by atoms with Gasteiger partial charge in [0.15, 0.2) is 0 Å². The maximum Gasteiger partial charge on any atom is 0.144 e. The predicted octanol–water partition coefficient (Wildman–Crippen LogP) is 3.13. The van der Waals surface area contributed by atoms with Gasteiger partial charge in [0.2, 0.25) is 0 Å². The SMILES string of the molecule is COc1c(Cl)cc(C2CCNCC2)c(OC)c1C. The Kier molecular flexibility index (Phi) is 4.36. The summed E-state index contributed by atoms with van der Waals surface area (Å²) in [5.41, 5.74) is 2.20. The van der Waals surface area contributed by atoms with Gasteiger partial charge in [-0.3, -0.25) is 0 Å². The number of rotatable bonds is 3. The minimum absolute atomic E-state index is 0.517. The lowest BCUT2D eigenvalue weighted by Gasteiger charge is -2.26. The maximum absolute atomic E-state index is 6.29. The van der Waals surface area contributed by atoms with Crippen LogP contribution >= 0.6 is 11.6 Å². The molecule has 0 spiro atoms. The molecule has 1 aliphatic rings. The van der Waals surface area contributed by atoms with Crippen molar-refractivity contribution in [2.75, 3.05) is 27.3 Å². The zero-order chi connectivity index (χ0) is 13.1. The summed E-state index contributed by atoms with van der Waals surface area (Å²) in [4.78, 5) is 0. The van der Waals surface area contributed by atoms with Crippen LogP contribution in [0.3, 0.4) is 0 Å². The fourth-order valence-electron chi connectivity index (χ4n) is 2.72. The molecule has 0 bridgehead atoms. The number of piperidine rings is 1. The molecule has 0 unspecified atom stereocenters. The van der Waals surface area contributed by atoms with Crippen LogP contribution in [0.25, 0.3) is 0 Å². The summed E-state index contributed by atoms with van der Waals surface area (Å²) in [7, 11) is 3.35. The predicted molar refractivity (Wildman–Crippen MR) is 74.1 cm³/mol. The average molecular weight is 270 g/mol. The van der Waals surface area contributed by atoms with Crippen LogP contribution in [0.2, 0.25) is 5.02 Å². The molecule has 4 heteroatoms. The number of hydrogen-bond donors (Lipinski definition) is 1. The van der Waals surface area contributed by atoms with E-state index in [1.165, 1.54) is 5.56 Å². The summed E-state index contributed by atoms with van der Waals surface area (Å²) >= 11 is 6.29. The number of hydrogen-bond acceptors (Lipinski definition) is 3. The second-order valence-corrected chi connectivity index (χ2v) is 5.07. The standard InChI is InChI=1S/C14H20ClNO2/c1-9-13(17-2)11(8-12(15)14(9)18-3)10-4-6-16-7-5-10/h8,10,16H,4-7H2,1-3H3. The number of halogens is 1. The van der Waals surface area contributed by atoms with Crippen molar-refractivity contribution in [3.8, 4) is 11.5 Å². The molecule has 1 saturated heterocycles. The summed E-state index contributed by atoms with van der Waals surface area (Å²) in [6.07, 6.45) is 2.25. The highest BCUT2D eigenvalue weighted by atomic mass is 35.5. The second kappa shape index (κ2) is 5.81. The molecule has 1 fully saturated rings. The third-order valence-electron chi connectivity index (χ3n) is 3.63. The van der Waals surface area contributed by atoms with E-state index in [0.717, 1.165) is 37.2 Å². The third-order valence-corrected chi connectivity index (χ3v) is 3.91. The van der Waals surface area contributed by atoms with E-state index in [0.29, 0.717) is 16.7 Å². The van der Waals surface area contributed by atoms with E-state index in [9.17, 15) is 0 Å². The summed E-state index contributed by atoms with van der Waals surface area (Å²) in [6.45, 7) is 4.10. The highest BCUT2D eigenvalue weighted by Gasteiger charge is 2.23. The molecule has 0 atom stereocenters. The first-order valence-corrected chi connectivity index (χ1v) is 6.68. The normalized spacial score (nSPS) is 16.7. The third kappa shape index (κ3) is 2.43. The van der Waals surface area contributed by atoms with Crippen molar-refractivity contribution in [2.24, 2.45) is 0 Å². The topological polar surface area (TPSA) is 30.5 Å². The lowest BCUT2D eigenvalue weighted by molar-refractivity contribution is 0.375. The minimum Gasteiger partial charge on any atom is -0.496 e. The monoisotopic (exact) mass is 269 g/mol. The van der Waals surface area contributed by atoms with Gasteiger partial charge in [-0.2, -0.15) is 0 Å². The first kappa shape index (κ1) is 13.5. The zero-order valence-corrected chi connectivity index (χ0v) is 11.9. The van der Waals surface area contributed by atoms with E-state index in [1.807, 2.05) is 13.0 Å². The largest absolute Gasteiger partial charge is 0.496 e. The first-order chi connectivity index (χ1) is 8.69. The van der Waals surface area contributed by atoms with E-state index >= 15 is 0 Å². The Bertz CT molecular complexity index is 428. The van der Waals surface area contributed by atoms with E-state index in [-0.39, 0.29) is 0 Å². The molecule has 1 heterocycles. The Balaban J connectivity index is 2.45. The van der Waals surface area contributed by atoms with Crippen LogP contribution in [0.1, 0.15) is 29.9 Å². The molecule has 0 aromatic heterocycles. The van der Waals surface area contributed by atoms with Crippen molar-refractivity contribution in [1.29, 1.82) is 0 Å². The molecule has 0 amide bonds. The molecule has 3 nitrogen and oxygen atoms in total. The van der Waals surface area contributed by atoms with E-state index in [4.69, 9.17) is 21.1 Å². The summed E-state index contributed by atoms with van der Waals surface area (Å²) in [6, 6.07) is 2.00. The zero-order valence-electron chi connectivity index (χ0n) is 11.2. The molecular formula is C14H20ClNO2. The maximum atomic E-state index is 6.29. The molecule has 0 saturated carbocycles. The highest BCUT2D eigenvalue weighted by molar-refractivity contribution is 6.32. The van der Waals surface area contributed by atoms with Crippen molar-refractivity contribution in [3.05, 3.63) is 22.2 Å². The summed E-state index contributed by atoms with van der Waals surface area (Å²) in [5, 5.41) is 4.05. The van der Waals surface area contributed by atoms with Gasteiger partial charge in [-0.1, -0.05) is 11.6 Å². The molecule has 2 rings (SSSR count). The molecule has 18 heavy (non-hydrogen) atoms. The molecule has 1 aromatic rings. The smallest absolute Gasteiger partial charge is 0.144 e. The van der Waals surface area contributed by atoms with Crippen LogP contribution in [0.4, 0.5) is 0 Å². The molecule has 1 aliphatic heterocycles. The molecule has 0 radical (unpaired) electrons. The highest BCUT2D eigenvalue weighted by Crippen LogP contribution is 2.42. The van der Waals surface area contributed by atoms with Crippen LogP contribution in [-0.4, -0.2) is 27.3 Å². The van der Waals surface area contributed by atoms with Gasteiger partial charge in [-0.15, -0.1) is 0 Å². The van der Waals surface area contributed by atoms with Crippen LogP contribution in [0.5, 0.6) is 11.5 Å². The Morgan fingerprint density at radius 1 is 1.17 bits per heavy atom. The Morgan fingerprint density at radius 2 is 1.78 bits per heavy atom. The van der Waals surface area contributed by atoms with Crippen LogP contribution in [0, 0.1) is 6.92 Å². The number of ether oxygens (including phenoxy) is 2. The van der Waals surface area contributed by atoms with Crippen molar-refractivity contribution < 1.29 is 9.47 Å². The van der Waals surface area contributed by atoms with Crippen molar-refractivity contribution in [3.63, 3.8) is 0 Å². The summed E-state index contributed by atoms with van der Waals surface area (Å²) in [5.74, 6) is 2.15. The van der Waals surface area contributed by atoms with Crippen LogP contribution in [0.15, 0.2) is 6.07 Å². The number of methoxy groups -OCH3 is 2. The number of benzene rings is 1. The molecule has 0 aliphatic carbocycles. The first-order valence-electron chi connectivity index (χ1n) is 6.30. The quantitative estimate of drug-likeness (QED) is 0.915. The van der Waals surface area contributed by atoms with Gasteiger partial charge in [0.05, 0.1) is 19.2 Å². The number of nitrogens with one attached hydrogen (secondary N) is 1. The average Bonchev–Trinajstić information content (AvgIpc) is 2.39. The van der Waals surface area contributed by atoms with Crippen LogP contribution < -0.4 is 14.8 Å². The van der Waals surface area contributed by atoms with Gasteiger partial charge in [-0.25, -0.2) is 0 Å². The van der Waals surface area contributed by atoms with Gasteiger partial charge in [0.1, 0.15) is 11.5 Å². The molecule has 1 N–H and O–H groups in total. The van der Waals surface area contributed by atoms with E-state index in [1.54, 1.807) is 14.2 Å². The summed E-state index contributed by atoms with van der Waals surface area (Å²) < 4.78 is 10.9. The molecule has 1 aromatic carbocycles. The minimum atomic E-state index is 0.517. The lowest BCUT2D eigenvalue weighted by atomic mass is 9.88. The van der Waals surface area contributed by atoms with Crippen molar-refractivity contribution in [2.45, 2.75) is 25.7 Å². The Labute approximate surface area is 113 Å². The molecule has 100 valence electrons. The Morgan fingerprint density at radius 3 is 2.33 bits per heavy atom. The van der Waals surface area contributed by atoms with Gasteiger partial charge in [0, 0.05) is 5.56 Å². The van der Waals surface area contributed by atoms with Gasteiger partial charge >= 0.3 is 0 Å². The van der Waals surface area contributed by atoms with Crippen molar-refractivity contribution >= 4 is 11.6 Å². The van der Waals surface area contributed by atoms with Gasteiger partial charge in [-0.05, 0) is 50.4 Å². The van der Waals surface area contributed by atoms with Gasteiger partial charge in [0.25, 0.3) is 0 Å². The van der Waals surface area contributed by atoms with Crippen LogP contribution in [-0.2, 0) is 0 Å². The molecular weight excluding hydrogens is 250 g/mol. The fourth-order valence-corrected chi connectivity index (χ4v) is 3.06. The Hall–Kier alpha value is -0.930. The fraction of sp³-hybridized carbons (Fsp3) is 0.571. The lowest BCUT2D eigenvalue weighted by Crippen LogP contribution is -2.27. The van der Waals surface area contributed by atoms with E-state index in [2.05, 4.69) is 5.32 Å².